The molecule has 1 aromatic rings. The molecule has 0 heterocycles. The molecule has 110 valence electrons. The third kappa shape index (κ3) is 5.17. The first-order valence-corrected chi connectivity index (χ1v) is 6.32. The Bertz CT molecular complexity index is 457. The lowest BCUT2D eigenvalue weighted by molar-refractivity contribution is -0.138. The number of hydrogen-bond acceptors (Lipinski definition) is 4. The van der Waals surface area contributed by atoms with Gasteiger partial charge in [-0.2, -0.15) is 0 Å². The van der Waals surface area contributed by atoms with Crippen molar-refractivity contribution in [2.24, 2.45) is 0 Å². The van der Waals surface area contributed by atoms with Crippen LogP contribution < -0.4 is 10.5 Å². The summed E-state index contributed by atoms with van der Waals surface area (Å²) in [7, 11) is 4.92. The van der Waals surface area contributed by atoms with Crippen LogP contribution in [-0.2, 0) is 9.59 Å². The monoisotopic (exact) mass is 279 g/mol. The average Bonchev–Trinajstić information content (AvgIpc) is 2.40. The highest BCUT2D eigenvalue weighted by atomic mass is 16.5. The zero-order chi connectivity index (χ0) is 15.1. The number of likely N-dealkylation sites (N-methyl/N-ethyl adjacent to an activating group) is 2. The van der Waals surface area contributed by atoms with Crippen LogP contribution in [0.5, 0.6) is 5.75 Å². The molecule has 0 atom stereocenters. The van der Waals surface area contributed by atoms with Crippen LogP contribution in [0.25, 0.3) is 0 Å². The first kappa shape index (κ1) is 15.8. The topological polar surface area (TPSA) is 75.9 Å². The van der Waals surface area contributed by atoms with Gasteiger partial charge in [-0.15, -0.1) is 0 Å². The second-order valence-electron chi connectivity index (χ2n) is 4.71. The van der Waals surface area contributed by atoms with E-state index in [1.807, 2.05) is 0 Å². The highest BCUT2D eigenvalue weighted by molar-refractivity contribution is 5.84. The number of nitrogen functional groups attached to an aromatic ring is 1. The Hall–Kier alpha value is -2.24. The van der Waals surface area contributed by atoms with Gasteiger partial charge in [0.05, 0.1) is 19.6 Å². The second kappa shape index (κ2) is 7.37. The normalized spacial score (nSPS) is 9.95. The Balaban J connectivity index is 2.32. The molecule has 0 aliphatic carbocycles. The van der Waals surface area contributed by atoms with Crippen LogP contribution in [0.2, 0.25) is 0 Å². The lowest BCUT2D eigenvalue weighted by atomic mass is 10.3. The summed E-state index contributed by atoms with van der Waals surface area (Å²) in [5.41, 5.74) is 6.22. The summed E-state index contributed by atoms with van der Waals surface area (Å²) < 4.78 is 5.44. The van der Waals surface area contributed by atoms with Crippen molar-refractivity contribution in [1.29, 1.82) is 0 Å². The van der Waals surface area contributed by atoms with Gasteiger partial charge in [-0.1, -0.05) is 0 Å². The van der Waals surface area contributed by atoms with Crippen LogP contribution >= 0.6 is 0 Å². The van der Waals surface area contributed by atoms with Crippen molar-refractivity contribution < 1.29 is 14.3 Å². The molecule has 6 heteroatoms. The minimum atomic E-state index is -0.129. The Morgan fingerprint density at radius 3 is 2.25 bits per heavy atom. The van der Waals surface area contributed by atoms with E-state index in [2.05, 4.69) is 0 Å². The Morgan fingerprint density at radius 1 is 1.10 bits per heavy atom. The van der Waals surface area contributed by atoms with Crippen LogP contribution in [0.15, 0.2) is 24.3 Å². The van der Waals surface area contributed by atoms with Gasteiger partial charge in [-0.3, -0.25) is 9.59 Å². The summed E-state index contributed by atoms with van der Waals surface area (Å²) in [6.07, 6.45) is 0.224. The SMILES string of the molecule is CN(C)C(=O)CN(C)C(=O)CCOc1ccc(N)cc1. The van der Waals surface area contributed by atoms with Gasteiger partial charge in [0.25, 0.3) is 0 Å². The predicted octanol–water partition coefficient (Wildman–Crippen LogP) is 0.584. The van der Waals surface area contributed by atoms with E-state index in [0.29, 0.717) is 11.4 Å². The standard InChI is InChI=1S/C14H21N3O3/c1-16(2)14(19)10-17(3)13(18)8-9-20-12-6-4-11(15)5-7-12/h4-7H,8-10,15H2,1-3H3. The molecule has 0 aromatic heterocycles. The molecule has 0 fully saturated rings. The van der Waals surface area contributed by atoms with Gasteiger partial charge < -0.3 is 20.3 Å². The second-order valence-corrected chi connectivity index (χ2v) is 4.71. The van der Waals surface area contributed by atoms with Crippen molar-refractivity contribution in [1.82, 2.24) is 9.80 Å². The summed E-state index contributed by atoms with van der Waals surface area (Å²) in [4.78, 5) is 26.1. The maximum absolute atomic E-state index is 11.8. The molecule has 0 spiro atoms. The van der Waals surface area contributed by atoms with Crippen molar-refractivity contribution in [3.05, 3.63) is 24.3 Å². The average molecular weight is 279 g/mol. The molecule has 0 aliphatic heterocycles. The highest BCUT2D eigenvalue weighted by Crippen LogP contribution is 2.13. The van der Waals surface area contributed by atoms with Crippen molar-refractivity contribution in [2.45, 2.75) is 6.42 Å². The molecule has 0 bridgehead atoms. The van der Waals surface area contributed by atoms with Gasteiger partial charge in [0.1, 0.15) is 5.75 Å². The van der Waals surface area contributed by atoms with E-state index in [4.69, 9.17) is 10.5 Å². The summed E-state index contributed by atoms with van der Waals surface area (Å²) in [6, 6.07) is 6.97. The number of rotatable bonds is 6. The molecule has 0 saturated heterocycles. The Morgan fingerprint density at radius 2 is 1.70 bits per heavy atom. The van der Waals surface area contributed by atoms with E-state index < -0.39 is 0 Å². The fourth-order valence-electron chi connectivity index (χ4n) is 1.44. The molecule has 1 aromatic carbocycles. The summed E-state index contributed by atoms with van der Waals surface area (Å²) >= 11 is 0. The van der Waals surface area contributed by atoms with E-state index in [9.17, 15) is 9.59 Å². The lowest BCUT2D eigenvalue weighted by Crippen LogP contribution is -2.38. The number of carbonyl (C=O) groups is 2. The highest BCUT2D eigenvalue weighted by Gasteiger charge is 2.13. The molecule has 1 rings (SSSR count). The van der Waals surface area contributed by atoms with Gasteiger partial charge in [-0.25, -0.2) is 0 Å². The Kier molecular flexibility index (Phi) is 5.83. The summed E-state index contributed by atoms with van der Waals surface area (Å²) in [6.45, 7) is 0.344. The molecule has 0 saturated carbocycles. The number of benzene rings is 1. The number of carbonyl (C=O) groups excluding carboxylic acids is 2. The van der Waals surface area contributed by atoms with Crippen LogP contribution in [0.3, 0.4) is 0 Å². The maximum atomic E-state index is 11.8. The third-order valence-corrected chi connectivity index (χ3v) is 2.76. The number of anilines is 1. The predicted molar refractivity (Wildman–Crippen MR) is 77.3 cm³/mol. The van der Waals surface area contributed by atoms with Gasteiger partial charge in [0.2, 0.25) is 11.8 Å². The van der Waals surface area contributed by atoms with Crippen molar-refractivity contribution in [3.8, 4) is 5.75 Å². The van der Waals surface area contributed by atoms with Gasteiger partial charge in [0.15, 0.2) is 0 Å². The van der Waals surface area contributed by atoms with Crippen molar-refractivity contribution in [3.63, 3.8) is 0 Å². The minimum Gasteiger partial charge on any atom is -0.493 e. The molecule has 0 aliphatic rings. The zero-order valence-electron chi connectivity index (χ0n) is 12.1. The van der Waals surface area contributed by atoms with Crippen LogP contribution in [0, 0.1) is 0 Å². The molecule has 0 radical (unpaired) electrons. The van der Waals surface area contributed by atoms with Crippen LogP contribution in [0.4, 0.5) is 5.69 Å². The van der Waals surface area contributed by atoms with E-state index in [-0.39, 0.29) is 31.4 Å². The van der Waals surface area contributed by atoms with Crippen molar-refractivity contribution in [2.75, 3.05) is 40.0 Å². The molecule has 0 unspecified atom stereocenters. The number of ether oxygens (including phenoxy) is 1. The smallest absolute Gasteiger partial charge is 0.241 e. The molecule has 6 nitrogen and oxygen atoms in total. The van der Waals surface area contributed by atoms with E-state index in [0.717, 1.165) is 0 Å². The zero-order valence-corrected chi connectivity index (χ0v) is 12.1. The van der Waals surface area contributed by atoms with Gasteiger partial charge in [-0.05, 0) is 24.3 Å². The number of amides is 2. The summed E-state index contributed by atoms with van der Waals surface area (Å²) in [5, 5.41) is 0. The molecule has 20 heavy (non-hydrogen) atoms. The minimum absolute atomic E-state index is 0.0771. The van der Waals surface area contributed by atoms with Crippen LogP contribution in [0.1, 0.15) is 6.42 Å². The molecular formula is C14H21N3O3. The van der Waals surface area contributed by atoms with Gasteiger partial charge in [0, 0.05) is 26.8 Å². The number of hydrogen-bond donors (Lipinski definition) is 1. The first-order valence-electron chi connectivity index (χ1n) is 6.32. The largest absolute Gasteiger partial charge is 0.493 e. The lowest BCUT2D eigenvalue weighted by Gasteiger charge is -2.19. The quantitative estimate of drug-likeness (QED) is 0.773. The van der Waals surface area contributed by atoms with Crippen LogP contribution in [-0.4, -0.2) is 55.9 Å². The fraction of sp³-hybridized carbons (Fsp3) is 0.429. The van der Waals surface area contributed by atoms with E-state index in [1.165, 1.54) is 9.80 Å². The van der Waals surface area contributed by atoms with E-state index in [1.54, 1.807) is 45.4 Å². The molecule has 2 N–H and O–H groups in total. The number of nitrogens with two attached hydrogens (primary N) is 1. The Labute approximate surface area is 119 Å². The maximum Gasteiger partial charge on any atom is 0.241 e. The van der Waals surface area contributed by atoms with E-state index >= 15 is 0 Å². The first-order chi connectivity index (χ1) is 9.40. The fourth-order valence-corrected chi connectivity index (χ4v) is 1.44. The van der Waals surface area contributed by atoms with Gasteiger partial charge >= 0.3 is 0 Å². The third-order valence-electron chi connectivity index (χ3n) is 2.76. The van der Waals surface area contributed by atoms with Crippen molar-refractivity contribution >= 4 is 17.5 Å². The number of nitrogens with zero attached hydrogens (tertiary/aromatic N) is 2. The molecular weight excluding hydrogens is 258 g/mol. The summed E-state index contributed by atoms with van der Waals surface area (Å²) in [5.74, 6) is 0.426. The molecule has 2 amide bonds.